The number of likely N-dealkylation sites (N-methyl/N-ethyl adjacent to an activating group) is 1. The van der Waals surface area contributed by atoms with Crippen molar-refractivity contribution in [3.8, 4) is 0 Å². The third kappa shape index (κ3) is 2.76. The Balaban J connectivity index is 2.63. The van der Waals surface area contributed by atoms with E-state index < -0.39 is 5.54 Å². The van der Waals surface area contributed by atoms with Crippen LogP contribution in [0.2, 0.25) is 0 Å². The number of furan rings is 1. The molecule has 4 nitrogen and oxygen atoms in total. The Morgan fingerprint density at radius 2 is 2.40 bits per heavy atom. The Kier molecular flexibility index (Phi) is 3.82. The maximum Gasteiger partial charge on any atom is 0.238 e. The van der Waals surface area contributed by atoms with Crippen molar-refractivity contribution in [3.63, 3.8) is 0 Å². The van der Waals surface area contributed by atoms with E-state index in [0.29, 0.717) is 5.75 Å². The van der Waals surface area contributed by atoms with E-state index in [1.807, 2.05) is 13.0 Å². The smallest absolute Gasteiger partial charge is 0.238 e. The van der Waals surface area contributed by atoms with Gasteiger partial charge in [-0.25, -0.2) is 0 Å². The van der Waals surface area contributed by atoms with E-state index in [4.69, 9.17) is 10.2 Å². The Morgan fingerprint density at radius 1 is 1.73 bits per heavy atom. The molecule has 0 saturated carbocycles. The summed E-state index contributed by atoms with van der Waals surface area (Å²) in [5.74, 6) is 1.10. The van der Waals surface area contributed by atoms with Gasteiger partial charge in [-0.15, -0.1) is 11.8 Å². The van der Waals surface area contributed by atoms with Gasteiger partial charge in [0.15, 0.2) is 0 Å². The molecule has 0 aliphatic rings. The molecular formula is C10H16N2O2S. The van der Waals surface area contributed by atoms with Crippen molar-refractivity contribution in [1.29, 1.82) is 0 Å². The lowest BCUT2D eigenvalue weighted by atomic mass is 10.1. The number of aryl methyl sites for hydroxylation is 1. The highest BCUT2D eigenvalue weighted by molar-refractivity contribution is 7.99. The summed E-state index contributed by atoms with van der Waals surface area (Å²) in [6.07, 6.45) is 1.64. The molecule has 0 aliphatic carbocycles. The van der Waals surface area contributed by atoms with E-state index in [1.165, 1.54) is 0 Å². The minimum atomic E-state index is -0.686. The highest BCUT2D eigenvalue weighted by Gasteiger charge is 2.29. The zero-order valence-electron chi connectivity index (χ0n) is 9.16. The average molecular weight is 228 g/mol. The number of amides is 1. The van der Waals surface area contributed by atoms with Gasteiger partial charge in [0.05, 0.1) is 6.26 Å². The molecule has 0 aliphatic heterocycles. The summed E-state index contributed by atoms with van der Waals surface area (Å²) >= 11 is 1.56. The molecule has 84 valence electrons. The fraction of sp³-hybridized carbons (Fsp3) is 0.500. The van der Waals surface area contributed by atoms with Crippen LogP contribution >= 0.6 is 11.8 Å². The van der Waals surface area contributed by atoms with Gasteiger partial charge in [-0.3, -0.25) is 4.79 Å². The fourth-order valence-corrected chi connectivity index (χ4v) is 2.15. The second kappa shape index (κ2) is 4.72. The standard InChI is InChI=1S/C10H16N2O2S/c1-7-8(4-5-14-7)15-6-10(2,12-3)9(11)13/h4-5,12H,6H2,1-3H3,(H2,11,13). The van der Waals surface area contributed by atoms with Crippen LogP contribution in [0.1, 0.15) is 12.7 Å². The van der Waals surface area contributed by atoms with E-state index in [-0.39, 0.29) is 5.91 Å². The third-order valence-corrected chi connectivity index (χ3v) is 3.88. The summed E-state index contributed by atoms with van der Waals surface area (Å²) in [6.45, 7) is 3.68. The first kappa shape index (κ1) is 12.1. The summed E-state index contributed by atoms with van der Waals surface area (Å²) in [7, 11) is 1.73. The molecule has 1 aromatic heterocycles. The molecule has 1 heterocycles. The predicted octanol–water partition coefficient (Wildman–Crippen LogP) is 1.14. The first-order chi connectivity index (χ1) is 6.99. The summed E-state index contributed by atoms with van der Waals surface area (Å²) < 4.78 is 5.17. The molecule has 1 amide bonds. The summed E-state index contributed by atoms with van der Waals surface area (Å²) in [4.78, 5) is 12.3. The molecule has 3 N–H and O–H groups in total. The number of carbonyl (C=O) groups excluding carboxylic acids is 1. The van der Waals surface area contributed by atoms with E-state index in [0.717, 1.165) is 10.7 Å². The maximum absolute atomic E-state index is 11.2. The molecule has 0 spiro atoms. The Hall–Kier alpha value is -0.940. The molecule has 0 bridgehead atoms. The van der Waals surface area contributed by atoms with E-state index >= 15 is 0 Å². The number of thioether (sulfide) groups is 1. The van der Waals surface area contributed by atoms with Gasteiger partial charge in [0.1, 0.15) is 11.3 Å². The van der Waals surface area contributed by atoms with Crippen LogP contribution in [0.15, 0.2) is 21.6 Å². The number of nitrogens with two attached hydrogens (primary N) is 1. The highest BCUT2D eigenvalue weighted by Crippen LogP contribution is 2.26. The minimum Gasteiger partial charge on any atom is -0.468 e. The van der Waals surface area contributed by atoms with Crippen LogP contribution in [0.25, 0.3) is 0 Å². The Labute approximate surface area is 93.6 Å². The predicted molar refractivity (Wildman–Crippen MR) is 60.8 cm³/mol. The van der Waals surface area contributed by atoms with Crippen LogP contribution in [-0.2, 0) is 4.79 Å². The second-order valence-corrected chi connectivity index (χ2v) is 4.59. The molecule has 1 unspecified atom stereocenters. The van der Waals surface area contributed by atoms with Gasteiger partial charge >= 0.3 is 0 Å². The first-order valence-corrected chi connectivity index (χ1v) is 5.64. The molecule has 1 rings (SSSR count). The molecule has 0 radical (unpaired) electrons. The normalized spacial score (nSPS) is 14.9. The van der Waals surface area contributed by atoms with Gasteiger partial charge in [-0.1, -0.05) is 0 Å². The molecule has 0 aromatic carbocycles. The summed E-state index contributed by atoms with van der Waals surface area (Å²) in [6, 6.07) is 1.89. The van der Waals surface area contributed by atoms with Crippen LogP contribution in [0, 0.1) is 6.92 Å². The molecule has 1 atom stereocenters. The number of nitrogens with one attached hydrogen (secondary N) is 1. The lowest BCUT2D eigenvalue weighted by Crippen LogP contribution is -2.53. The highest BCUT2D eigenvalue weighted by atomic mass is 32.2. The third-order valence-electron chi connectivity index (χ3n) is 2.42. The molecule has 1 aromatic rings. The monoisotopic (exact) mass is 228 g/mol. The van der Waals surface area contributed by atoms with Gasteiger partial charge in [0.2, 0.25) is 5.91 Å². The average Bonchev–Trinajstić information content (AvgIpc) is 2.60. The van der Waals surface area contributed by atoms with Crippen molar-refractivity contribution >= 4 is 17.7 Å². The molecule has 15 heavy (non-hydrogen) atoms. The number of hydrogen-bond acceptors (Lipinski definition) is 4. The fourth-order valence-electron chi connectivity index (χ4n) is 1.01. The van der Waals surface area contributed by atoms with Crippen molar-refractivity contribution in [2.75, 3.05) is 12.8 Å². The Morgan fingerprint density at radius 3 is 2.80 bits per heavy atom. The first-order valence-electron chi connectivity index (χ1n) is 4.65. The van der Waals surface area contributed by atoms with E-state index in [1.54, 1.807) is 32.0 Å². The molecular weight excluding hydrogens is 212 g/mol. The molecule has 0 fully saturated rings. The lowest BCUT2D eigenvalue weighted by Gasteiger charge is -2.24. The lowest BCUT2D eigenvalue weighted by molar-refractivity contribution is -0.122. The van der Waals surface area contributed by atoms with Crippen molar-refractivity contribution in [3.05, 3.63) is 18.1 Å². The van der Waals surface area contributed by atoms with Crippen molar-refractivity contribution in [2.45, 2.75) is 24.3 Å². The Bertz CT molecular complexity index is 351. The van der Waals surface area contributed by atoms with E-state index in [2.05, 4.69) is 5.32 Å². The zero-order valence-corrected chi connectivity index (χ0v) is 9.98. The molecule has 0 saturated heterocycles. The van der Waals surface area contributed by atoms with Crippen molar-refractivity contribution in [1.82, 2.24) is 5.32 Å². The van der Waals surface area contributed by atoms with Crippen molar-refractivity contribution in [2.24, 2.45) is 5.73 Å². The number of rotatable bonds is 5. The van der Waals surface area contributed by atoms with Crippen LogP contribution in [0.4, 0.5) is 0 Å². The molecule has 5 heteroatoms. The van der Waals surface area contributed by atoms with Crippen LogP contribution in [-0.4, -0.2) is 24.2 Å². The van der Waals surface area contributed by atoms with Gasteiger partial charge in [-0.05, 0) is 27.0 Å². The second-order valence-electron chi connectivity index (χ2n) is 3.58. The van der Waals surface area contributed by atoms with Gasteiger partial charge in [-0.2, -0.15) is 0 Å². The number of carbonyl (C=O) groups is 1. The number of primary amides is 1. The summed E-state index contributed by atoms with van der Waals surface area (Å²) in [5.41, 5.74) is 4.63. The van der Waals surface area contributed by atoms with Crippen LogP contribution < -0.4 is 11.1 Å². The zero-order chi connectivity index (χ0) is 11.5. The van der Waals surface area contributed by atoms with Crippen LogP contribution in [0.5, 0.6) is 0 Å². The van der Waals surface area contributed by atoms with Gasteiger partial charge in [0.25, 0.3) is 0 Å². The van der Waals surface area contributed by atoms with E-state index in [9.17, 15) is 4.79 Å². The topological polar surface area (TPSA) is 68.3 Å². The number of hydrogen-bond donors (Lipinski definition) is 2. The van der Waals surface area contributed by atoms with Crippen LogP contribution in [0.3, 0.4) is 0 Å². The quantitative estimate of drug-likeness (QED) is 0.742. The van der Waals surface area contributed by atoms with Gasteiger partial charge < -0.3 is 15.5 Å². The minimum absolute atomic E-state index is 0.348. The summed E-state index contributed by atoms with van der Waals surface area (Å²) in [5, 5.41) is 2.93. The van der Waals surface area contributed by atoms with Crippen molar-refractivity contribution < 1.29 is 9.21 Å². The SMILES string of the molecule is CNC(C)(CSc1ccoc1C)C(N)=O. The largest absolute Gasteiger partial charge is 0.468 e. The maximum atomic E-state index is 11.2. The van der Waals surface area contributed by atoms with Gasteiger partial charge in [0, 0.05) is 10.6 Å².